The van der Waals surface area contributed by atoms with Crippen LogP contribution in [0.5, 0.6) is 11.5 Å². The molecule has 0 aromatic heterocycles. The van der Waals surface area contributed by atoms with E-state index in [0.717, 1.165) is 0 Å². The summed E-state index contributed by atoms with van der Waals surface area (Å²) in [5.41, 5.74) is 0.240. The van der Waals surface area contributed by atoms with Crippen molar-refractivity contribution in [2.24, 2.45) is 0 Å². The molecule has 0 bridgehead atoms. The van der Waals surface area contributed by atoms with Crippen molar-refractivity contribution in [3.8, 4) is 11.5 Å². The third kappa shape index (κ3) is 1.83. The molecule has 6 heteroatoms. The molecule has 0 aliphatic heterocycles. The number of carbonyl (C=O) groups excluding carboxylic acids is 2. The van der Waals surface area contributed by atoms with Gasteiger partial charge in [0.1, 0.15) is 11.5 Å². The summed E-state index contributed by atoms with van der Waals surface area (Å²) in [6.45, 7) is 0. The first-order valence-electron chi connectivity index (χ1n) is 5.34. The van der Waals surface area contributed by atoms with Gasteiger partial charge in [-0.05, 0) is 12.1 Å². The van der Waals surface area contributed by atoms with Crippen LogP contribution in [0.3, 0.4) is 0 Å². The summed E-state index contributed by atoms with van der Waals surface area (Å²) in [6.07, 6.45) is 0. The van der Waals surface area contributed by atoms with Crippen LogP contribution in [0.1, 0.15) is 31.8 Å². The highest BCUT2D eigenvalue weighted by Gasteiger charge is 2.33. The van der Waals surface area contributed by atoms with Gasteiger partial charge in [-0.15, -0.1) is 0 Å². The summed E-state index contributed by atoms with van der Waals surface area (Å²) in [7, 11) is 0. The second kappa shape index (κ2) is 5.12. The molecular weight excluding hydrogens is 262 g/mol. The summed E-state index contributed by atoms with van der Waals surface area (Å²) < 4.78 is 0. The van der Waals surface area contributed by atoms with Crippen molar-refractivity contribution in [2.45, 2.75) is 0 Å². The number of phenolic OH excluding ortho intramolecular Hbond substituents is 2. The zero-order valence-corrected chi connectivity index (χ0v) is 10.4. The van der Waals surface area contributed by atoms with Gasteiger partial charge in [0.15, 0.2) is 11.6 Å². The maximum absolute atomic E-state index is 12.2. The molecule has 0 amide bonds. The second-order valence-corrected chi connectivity index (χ2v) is 4.06. The number of phenols is 2. The Morgan fingerprint density at radius 2 is 1.05 bits per heavy atom. The molecule has 0 saturated heterocycles. The summed E-state index contributed by atoms with van der Waals surface area (Å²) in [5, 5.41) is 19.4. The molecule has 7 N–H and O–H groups in total. The molecular formula is C14H13NO5. The van der Waals surface area contributed by atoms with E-state index in [9.17, 15) is 19.8 Å². The van der Waals surface area contributed by atoms with Crippen LogP contribution in [0.25, 0.3) is 0 Å². The number of benzene rings is 2. The summed E-state index contributed by atoms with van der Waals surface area (Å²) in [4.78, 5) is 24.4. The minimum Gasteiger partial charge on any atom is -0.507 e. The van der Waals surface area contributed by atoms with E-state index < -0.39 is 11.6 Å². The van der Waals surface area contributed by atoms with Gasteiger partial charge in [0.05, 0.1) is 11.1 Å². The van der Waals surface area contributed by atoms with E-state index in [1.165, 1.54) is 24.3 Å². The molecule has 0 saturated carbocycles. The number of hydrogen-bond acceptors (Lipinski definition) is 5. The molecule has 0 heterocycles. The monoisotopic (exact) mass is 275 g/mol. The maximum atomic E-state index is 12.2. The maximum Gasteiger partial charge on any atom is 0.198 e. The third-order valence-corrected chi connectivity index (χ3v) is 3.03. The Kier molecular flexibility index (Phi) is 3.93. The Hall–Kier alpha value is -2.70. The quantitative estimate of drug-likeness (QED) is 0.528. The Bertz CT molecular complexity index is 649. The molecule has 0 fully saturated rings. The Balaban J connectivity index is 0.000001000. The smallest absolute Gasteiger partial charge is 0.198 e. The lowest BCUT2D eigenvalue weighted by Gasteiger charge is -2.18. The molecule has 0 spiro atoms. The SMILES string of the molecule is N.O.O=C1c2ccccc2C(=O)c2c(O)ccc(O)c21. The average Bonchev–Trinajstić information content (AvgIpc) is 2.38. The first-order chi connectivity index (χ1) is 8.61. The van der Waals surface area contributed by atoms with E-state index >= 15 is 0 Å². The van der Waals surface area contributed by atoms with Crippen molar-refractivity contribution in [1.29, 1.82) is 0 Å². The second-order valence-electron chi connectivity index (χ2n) is 4.06. The van der Waals surface area contributed by atoms with Crippen LogP contribution in [0.15, 0.2) is 36.4 Å². The highest BCUT2D eigenvalue weighted by atomic mass is 16.3. The standard InChI is InChI=1S/C14H8O4.H3N.H2O/c15-9-5-6-10(16)12-11(9)13(17)7-3-1-2-4-8(7)14(12)18;;/h1-6,15-16H;1H3;1H2. The topological polar surface area (TPSA) is 141 Å². The highest BCUT2D eigenvalue weighted by molar-refractivity contribution is 6.30. The number of ketones is 2. The zero-order chi connectivity index (χ0) is 12.9. The Morgan fingerprint density at radius 1 is 0.700 bits per heavy atom. The Labute approximate surface area is 114 Å². The number of fused-ring (bicyclic) bond motifs is 2. The van der Waals surface area contributed by atoms with Gasteiger partial charge >= 0.3 is 0 Å². The summed E-state index contributed by atoms with van der Waals surface area (Å²) in [5.74, 6) is -1.49. The van der Waals surface area contributed by atoms with E-state index in [4.69, 9.17) is 0 Å². The molecule has 1 aliphatic carbocycles. The lowest BCUT2D eigenvalue weighted by Crippen LogP contribution is -2.20. The van der Waals surface area contributed by atoms with Gasteiger partial charge < -0.3 is 21.8 Å². The molecule has 0 unspecified atom stereocenters. The third-order valence-electron chi connectivity index (χ3n) is 3.03. The summed E-state index contributed by atoms with van der Waals surface area (Å²) >= 11 is 0. The van der Waals surface area contributed by atoms with Crippen molar-refractivity contribution in [1.82, 2.24) is 6.15 Å². The van der Waals surface area contributed by atoms with Crippen molar-refractivity contribution in [2.75, 3.05) is 0 Å². The molecule has 1 aliphatic rings. The largest absolute Gasteiger partial charge is 0.507 e. The van der Waals surface area contributed by atoms with Crippen LogP contribution in [-0.2, 0) is 0 Å². The van der Waals surface area contributed by atoms with Crippen molar-refractivity contribution < 1.29 is 25.3 Å². The van der Waals surface area contributed by atoms with Crippen LogP contribution in [-0.4, -0.2) is 27.3 Å². The molecule has 6 nitrogen and oxygen atoms in total. The van der Waals surface area contributed by atoms with E-state index in [2.05, 4.69) is 0 Å². The van der Waals surface area contributed by atoms with Crippen LogP contribution < -0.4 is 6.15 Å². The van der Waals surface area contributed by atoms with Crippen molar-refractivity contribution in [3.05, 3.63) is 58.7 Å². The fourth-order valence-corrected chi connectivity index (χ4v) is 2.19. The first kappa shape index (κ1) is 15.4. The lowest BCUT2D eigenvalue weighted by atomic mass is 9.83. The van der Waals surface area contributed by atoms with Crippen molar-refractivity contribution in [3.63, 3.8) is 0 Å². The van der Waals surface area contributed by atoms with Gasteiger partial charge in [-0.25, -0.2) is 0 Å². The van der Waals surface area contributed by atoms with Crippen LogP contribution in [0.4, 0.5) is 0 Å². The minimum absolute atomic E-state index is 0. The van der Waals surface area contributed by atoms with E-state index in [1.54, 1.807) is 12.1 Å². The molecule has 0 atom stereocenters. The van der Waals surface area contributed by atoms with Crippen molar-refractivity contribution >= 4 is 11.6 Å². The van der Waals surface area contributed by atoms with E-state index in [1.807, 2.05) is 0 Å². The lowest BCUT2D eigenvalue weighted by molar-refractivity contribution is 0.0974. The zero-order valence-electron chi connectivity index (χ0n) is 10.4. The van der Waals surface area contributed by atoms with Gasteiger partial charge in [-0.1, -0.05) is 24.3 Å². The van der Waals surface area contributed by atoms with Gasteiger partial charge in [0.25, 0.3) is 0 Å². The molecule has 2 aromatic carbocycles. The number of rotatable bonds is 0. The van der Waals surface area contributed by atoms with Gasteiger partial charge in [0, 0.05) is 11.1 Å². The molecule has 104 valence electrons. The predicted octanol–water partition coefficient (Wildman–Crippen LogP) is 1.21. The van der Waals surface area contributed by atoms with Crippen LogP contribution in [0, 0.1) is 0 Å². The fraction of sp³-hybridized carbons (Fsp3) is 0. The molecule has 20 heavy (non-hydrogen) atoms. The van der Waals surface area contributed by atoms with Gasteiger partial charge in [-0.3, -0.25) is 9.59 Å². The Morgan fingerprint density at radius 3 is 1.40 bits per heavy atom. The molecule has 3 rings (SSSR count). The van der Waals surface area contributed by atoms with E-state index in [-0.39, 0.29) is 45.4 Å². The fourth-order valence-electron chi connectivity index (χ4n) is 2.19. The first-order valence-corrected chi connectivity index (χ1v) is 5.34. The molecule has 2 aromatic rings. The predicted molar refractivity (Wildman–Crippen MR) is 71.7 cm³/mol. The number of aromatic hydroxyl groups is 2. The highest BCUT2D eigenvalue weighted by Crippen LogP contribution is 2.37. The van der Waals surface area contributed by atoms with Crippen LogP contribution in [0.2, 0.25) is 0 Å². The van der Waals surface area contributed by atoms with Gasteiger partial charge in [0.2, 0.25) is 0 Å². The normalized spacial score (nSPS) is 11.8. The van der Waals surface area contributed by atoms with Crippen LogP contribution >= 0.6 is 0 Å². The number of hydrogen-bond donors (Lipinski definition) is 3. The number of carbonyl (C=O) groups is 2. The van der Waals surface area contributed by atoms with Gasteiger partial charge in [-0.2, -0.15) is 0 Å². The average molecular weight is 275 g/mol. The summed E-state index contributed by atoms with van der Waals surface area (Å²) in [6, 6.07) is 8.76. The van der Waals surface area contributed by atoms with E-state index in [0.29, 0.717) is 0 Å². The minimum atomic E-state index is -0.450. The molecule has 0 radical (unpaired) electrons.